The molecule has 0 radical (unpaired) electrons. The lowest BCUT2D eigenvalue weighted by molar-refractivity contribution is -0.123. The molecule has 1 saturated heterocycles. The molecule has 1 aliphatic heterocycles. The van der Waals surface area contributed by atoms with Crippen LogP contribution in [0.3, 0.4) is 0 Å². The Morgan fingerprint density at radius 3 is 2.69 bits per heavy atom. The van der Waals surface area contributed by atoms with Crippen LogP contribution in [0, 0.1) is 5.92 Å². The largest absolute Gasteiger partial charge is 0.350 e. The quantitative estimate of drug-likeness (QED) is 0.803. The molecule has 16 heavy (non-hydrogen) atoms. The molecule has 1 aliphatic rings. The minimum Gasteiger partial charge on any atom is -0.350 e. The van der Waals surface area contributed by atoms with Crippen molar-refractivity contribution in [2.45, 2.75) is 19.4 Å². The predicted molar refractivity (Wildman–Crippen MR) is 64.0 cm³/mol. The van der Waals surface area contributed by atoms with Crippen molar-refractivity contribution in [3.8, 4) is 0 Å². The summed E-state index contributed by atoms with van der Waals surface area (Å²) in [6.07, 6.45) is 0.643. The Morgan fingerprint density at radius 1 is 1.44 bits per heavy atom. The van der Waals surface area contributed by atoms with Crippen LogP contribution in [0.2, 0.25) is 0 Å². The average molecular weight is 218 g/mol. The SMILES string of the molecule is CC(NC(=O)CC1CNC1)c1ccccc1. The van der Waals surface area contributed by atoms with Gasteiger partial charge in [-0.2, -0.15) is 0 Å². The predicted octanol–water partition coefficient (Wildman–Crippen LogP) is 1.47. The molecule has 0 aromatic heterocycles. The molecule has 3 heteroatoms. The maximum absolute atomic E-state index is 11.7. The summed E-state index contributed by atoms with van der Waals surface area (Å²) >= 11 is 0. The zero-order valence-corrected chi connectivity index (χ0v) is 9.57. The average Bonchev–Trinajstić information content (AvgIpc) is 2.25. The van der Waals surface area contributed by atoms with E-state index in [2.05, 4.69) is 10.6 Å². The van der Waals surface area contributed by atoms with Crippen molar-refractivity contribution in [1.82, 2.24) is 10.6 Å². The summed E-state index contributed by atoms with van der Waals surface area (Å²) < 4.78 is 0. The van der Waals surface area contributed by atoms with E-state index >= 15 is 0 Å². The van der Waals surface area contributed by atoms with Crippen LogP contribution in [0.15, 0.2) is 30.3 Å². The van der Waals surface area contributed by atoms with Crippen molar-refractivity contribution in [3.63, 3.8) is 0 Å². The fourth-order valence-corrected chi connectivity index (χ4v) is 1.88. The lowest BCUT2D eigenvalue weighted by Gasteiger charge is -2.27. The van der Waals surface area contributed by atoms with Gasteiger partial charge in [0.2, 0.25) is 5.91 Å². The summed E-state index contributed by atoms with van der Waals surface area (Å²) in [4.78, 5) is 11.7. The summed E-state index contributed by atoms with van der Waals surface area (Å²) in [5, 5.41) is 6.20. The van der Waals surface area contributed by atoms with Crippen LogP contribution >= 0.6 is 0 Å². The van der Waals surface area contributed by atoms with Gasteiger partial charge < -0.3 is 10.6 Å². The molecule has 0 aliphatic carbocycles. The lowest BCUT2D eigenvalue weighted by atomic mass is 9.98. The Bertz CT molecular complexity index is 346. The second-order valence-corrected chi connectivity index (χ2v) is 4.43. The lowest BCUT2D eigenvalue weighted by Crippen LogP contribution is -2.44. The molecule has 2 N–H and O–H groups in total. The summed E-state index contributed by atoms with van der Waals surface area (Å²) in [6, 6.07) is 10.1. The number of hydrogen-bond acceptors (Lipinski definition) is 2. The summed E-state index contributed by atoms with van der Waals surface area (Å²) in [7, 11) is 0. The number of rotatable bonds is 4. The Kier molecular flexibility index (Phi) is 3.57. The maximum Gasteiger partial charge on any atom is 0.220 e. The minimum absolute atomic E-state index is 0.0988. The van der Waals surface area contributed by atoms with Crippen LogP contribution in [0.5, 0.6) is 0 Å². The molecule has 1 heterocycles. The molecule has 1 atom stereocenters. The minimum atomic E-state index is 0.0988. The second kappa shape index (κ2) is 5.12. The van der Waals surface area contributed by atoms with Crippen molar-refractivity contribution >= 4 is 5.91 Å². The van der Waals surface area contributed by atoms with E-state index in [9.17, 15) is 4.79 Å². The Balaban J connectivity index is 1.82. The first kappa shape index (κ1) is 11.1. The Labute approximate surface area is 96.2 Å². The third-order valence-corrected chi connectivity index (χ3v) is 3.02. The van der Waals surface area contributed by atoms with Crippen molar-refractivity contribution < 1.29 is 4.79 Å². The van der Waals surface area contributed by atoms with E-state index in [-0.39, 0.29) is 11.9 Å². The van der Waals surface area contributed by atoms with Crippen molar-refractivity contribution in [2.75, 3.05) is 13.1 Å². The zero-order chi connectivity index (χ0) is 11.4. The normalized spacial score (nSPS) is 17.6. The van der Waals surface area contributed by atoms with Crippen molar-refractivity contribution in [2.24, 2.45) is 5.92 Å². The van der Waals surface area contributed by atoms with Gasteiger partial charge in [0, 0.05) is 6.42 Å². The van der Waals surface area contributed by atoms with Gasteiger partial charge in [0.05, 0.1) is 6.04 Å². The highest BCUT2D eigenvalue weighted by molar-refractivity contribution is 5.76. The molecular formula is C13H18N2O. The topological polar surface area (TPSA) is 41.1 Å². The molecule has 1 aromatic rings. The zero-order valence-electron chi connectivity index (χ0n) is 9.57. The van der Waals surface area contributed by atoms with Gasteiger partial charge in [-0.25, -0.2) is 0 Å². The van der Waals surface area contributed by atoms with E-state index in [1.807, 2.05) is 37.3 Å². The van der Waals surface area contributed by atoms with E-state index in [0.29, 0.717) is 12.3 Å². The van der Waals surface area contributed by atoms with Crippen LogP contribution < -0.4 is 10.6 Å². The first-order valence-electron chi connectivity index (χ1n) is 5.80. The molecule has 86 valence electrons. The standard InChI is InChI=1S/C13H18N2O/c1-10(12-5-3-2-4-6-12)15-13(16)7-11-8-14-9-11/h2-6,10-11,14H,7-9H2,1H3,(H,15,16). The highest BCUT2D eigenvalue weighted by atomic mass is 16.1. The summed E-state index contributed by atoms with van der Waals surface area (Å²) in [5.74, 6) is 0.686. The molecule has 0 saturated carbocycles. The van der Waals surface area contributed by atoms with Gasteiger partial charge in [0.1, 0.15) is 0 Å². The van der Waals surface area contributed by atoms with E-state index in [0.717, 1.165) is 18.7 Å². The molecule has 1 amide bonds. The van der Waals surface area contributed by atoms with E-state index in [1.165, 1.54) is 0 Å². The van der Waals surface area contributed by atoms with Crippen molar-refractivity contribution in [3.05, 3.63) is 35.9 Å². The first-order valence-corrected chi connectivity index (χ1v) is 5.80. The van der Waals surface area contributed by atoms with Crippen LogP contribution in [0.1, 0.15) is 24.9 Å². The van der Waals surface area contributed by atoms with Crippen LogP contribution in [0.25, 0.3) is 0 Å². The maximum atomic E-state index is 11.7. The van der Waals surface area contributed by atoms with Crippen LogP contribution in [0.4, 0.5) is 0 Å². The highest BCUT2D eigenvalue weighted by Gasteiger charge is 2.20. The summed E-state index contributed by atoms with van der Waals surface area (Å²) in [6.45, 7) is 3.98. The molecule has 2 rings (SSSR count). The third kappa shape index (κ3) is 2.83. The molecule has 1 unspecified atom stereocenters. The number of carbonyl (C=O) groups excluding carboxylic acids is 1. The number of carbonyl (C=O) groups is 1. The molecular weight excluding hydrogens is 200 g/mol. The number of amides is 1. The van der Waals surface area contributed by atoms with Crippen molar-refractivity contribution in [1.29, 1.82) is 0 Å². The fourth-order valence-electron chi connectivity index (χ4n) is 1.88. The highest BCUT2D eigenvalue weighted by Crippen LogP contribution is 2.13. The number of nitrogens with one attached hydrogen (secondary N) is 2. The number of benzene rings is 1. The van der Waals surface area contributed by atoms with E-state index in [4.69, 9.17) is 0 Å². The van der Waals surface area contributed by atoms with Gasteiger partial charge in [0.25, 0.3) is 0 Å². The van der Waals surface area contributed by atoms with Gasteiger partial charge in [-0.1, -0.05) is 30.3 Å². The molecule has 3 nitrogen and oxygen atoms in total. The Morgan fingerprint density at radius 2 is 2.12 bits per heavy atom. The first-order chi connectivity index (χ1) is 7.75. The third-order valence-electron chi connectivity index (χ3n) is 3.02. The summed E-state index contributed by atoms with van der Waals surface area (Å²) in [5.41, 5.74) is 1.16. The second-order valence-electron chi connectivity index (χ2n) is 4.43. The van der Waals surface area contributed by atoms with Gasteiger partial charge >= 0.3 is 0 Å². The van der Waals surface area contributed by atoms with Gasteiger partial charge in [-0.05, 0) is 31.5 Å². The van der Waals surface area contributed by atoms with Gasteiger partial charge in [-0.3, -0.25) is 4.79 Å². The fraction of sp³-hybridized carbons (Fsp3) is 0.462. The molecule has 1 aromatic carbocycles. The molecule has 1 fully saturated rings. The van der Waals surface area contributed by atoms with Crippen LogP contribution in [-0.2, 0) is 4.79 Å². The van der Waals surface area contributed by atoms with E-state index in [1.54, 1.807) is 0 Å². The molecule has 0 bridgehead atoms. The smallest absolute Gasteiger partial charge is 0.220 e. The monoisotopic (exact) mass is 218 g/mol. The van der Waals surface area contributed by atoms with E-state index < -0.39 is 0 Å². The Hall–Kier alpha value is -1.35. The molecule has 0 spiro atoms. The van der Waals surface area contributed by atoms with Gasteiger partial charge in [0.15, 0.2) is 0 Å². The van der Waals surface area contributed by atoms with Gasteiger partial charge in [-0.15, -0.1) is 0 Å². The van der Waals surface area contributed by atoms with Crippen LogP contribution in [-0.4, -0.2) is 19.0 Å². The number of hydrogen-bond donors (Lipinski definition) is 2.